The minimum absolute atomic E-state index is 0.0185. The summed E-state index contributed by atoms with van der Waals surface area (Å²) in [5.41, 5.74) is -0.0144. The van der Waals surface area contributed by atoms with Gasteiger partial charge in [-0.05, 0) is 32.4 Å². The molecule has 0 aromatic heterocycles. The molecule has 0 aliphatic rings. The van der Waals surface area contributed by atoms with E-state index >= 15 is 0 Å². The van der Waals surface area contributed by atoms with Gasteiger partial charge in [-0.15, -0.1) is 0 Å². The first-order chi connectivity index (χ1) is 32.3. The molecule has 0 heterocycles. The molecule has 0 saturated carbocycles. The van der Waals surface area contributed by atoms with Gasteiger partial charge in [-0.1, -0.05) is 26.3 Å². The highest BCUT2D eigenvalue weighted by molar-refractivity contribution is 5.87. The van der Waals surface area contributed by atoms with Crippen molar-refractivity contribution in [1.82, 2.24) is 0 Å². The molecule has 0 N–H and O–H groups in total. The number of aldehydes is 1. The van der Waals surface area contributed by atoms with Gasteiger partial charge in [0, 0.05) is 11.6 Å². The van der Waals surface area contributed by atoms with E-state index in [0.29, 0.717) is 5.57 Å². The molecule has 0 amide bonds. The molecule has 0 aliphatic carbocycles. The normalized spacial score (nSPS) is 14.3. The Bertz CT molecular complexity index is 1990. The molecule has 0 saturated heterocycles. The van der Waals surface area contributed by atoms with Gasteiger partial charge in [0.25, 0.3) is 0 Å². The topological polar surface area (TPSA) is 86.7 Å². The van der Waals surface area contributed by atoms with Crippen LogP contribution in [0.25, 0.3) is 0 Å². The van der Waals surface area contributed by atoms with Crippen LogP contribution in [0, 0.1) is 0 Å². The summed E-state index contributed by atoms with van der Waals surface area (Å²) >= 11 is 0. The highest BCUT2D eigenvalue weighted by Gasteiger charge is 2.97. The Balaban J connectivity index is -0.000000567. The summed E-state index contributed by atoms with van der Waals surface area (Å²) in [7, 11) is 0. The third-order valence-corrected chi connectivity index (χ3v) is 7.89. The van der Waals surface area contributed by atoms with Crippen molar-refractivity contribution in [3.63, 3.8) is 0 Å². The molecule has 0 bridgehead atoms. The summed E-state index contributed by atoms with van der Waals surface area (Å²) in [6.45, 7) is 12.0. The molecule has 0 atom stereocenters. The number of halogens is 34. The zero-order valence-corrected chi connectivity index (χ0v) is 36.2. The van der Waals surface area contributed by atoms with Gasteiger partial charge in [0.05, 0.1) is 26.1 Å². The molecule has 0 aromatic carbocycles. The molecule has 75 heavy (non-hydrogen) atoms. The molecule has 40 heteroatoms. The predicted molar refractivity (Wildman–Crippen MR) is 179 cm³/mol. The quantitative estimate of drug-likeness (QED) is 0.0465. The van der Waals surface area contributed by atoms with Crippen molar-refractivity contribution in [3.8, 4) is 0 Å². The van der Waals surface area contributed by atoms with Crippen molar-refractivity contribution in [2.75, 3.05) is 13.2 Å². The zero-order valence-electron chi connectivity index (χ0n) is 36.2. The third-order valence-electron chi connectivity index (χ3n) is 7.89. The number of hydrogen-bond acceptors (Lipinski definition) is 6. The third kappa shape index (κ3) is 14.7. The fraction of sp³-hybridized carbons (Fsp3) is 0.657. The van der Waals surface area contributed by atoms with Crippen LogP contribution in [0.3, 0.4) is 0 Å². The van der Waals surface area contributed by atoms with Crippen LogP contribution in [0.1, 0.15) is 33.6 Å². The predicted octanol–water partition coefficient (Wildman–Crippen LogP) is 14.1. The Morgan fingerprint density at radius 3 is 0.747 bits per heavy atom. The van der Waals surface area contributed by atoms with Crippen LogP contribution in [0.2, 0.25) is 0 Å². The summed E-state index contributed by atoms with van der Waals surface area (Å²) in [5.74, 6) is -117. The summed E-state index contributed by atoms with van der Waals surface area (Å²) in [6.07, 6.45) is -19.1. The zero-order chi connectivity index (χ0) is 62.3. The van der Waals surface area contributed by atoms with Crippen LogP contribution in [0.5, 0.6) is 0 Å². The van der Waals surface area contributed by atoms with Crippen molar-refractivity contribution in [2.24, 2.45) is 0 Å². The Labute approximate surface area is 394 Å². The van der Waals surface area contributed by atoms with Crippen molar-refractivity contribution in [2.45, 2.75) is 129 Å². The van der Waals surface area contributed by atoms with Crippen LogP contribution in [0.15, 0.2) is 49.6 Å². The van der Waals surface area contributed by atoms with E-state index in [2.05, 4.69) is 35.8 Å². The highest BCUT2D eigenvalue weighted by atomic mass is 19.4. The molecular weight excluding hydrogens is 1160 g/mol. The lowest BCUT2D eigenvalue weighted by Crippen LogP contribution is -2.74. The molecular formula is C35H28F34O6. The first-order valence-corrected chi connectivity index (χ1v) is 17.6. The van der Waals surface area contributed by atoms with E-state index in [0.717, 1.165) is 13.2 Å². The smallest absolute Gasteiger partial charge is 0.460 e. The average Bonchev–Trinajstić information content (AvgIpc) is 3.22. The minimum atomic E-state index is -8.67. The lowest BCUT2D eigenvalue weighted by Gasteiger charge is -2.42. The van der Waals surface area contributed by atoms with E-state index < -0.39 is 139 Å². The molecule has 0 rings (SSSR count). The molecule has 0 aromatic rings. The summed E-state index contributed by atoms with van der Waals surface area (Å²) in [5, 5.41) is 0. The van der Waals surface area contributed by atoms with E-state index in [1.807, 2.05) is 0 Å². The second kappa shape index (κ2) is 24.0. The molecule has 442 valence electrons. The Morgan fingerprint density at radius 2 is 0.573 bits per heavy atom. The lowest BCUT2D eigenvalue weighted by atomic mass is 9.88. The van der Waals surface area contributed by atoms with Crippen molar-refractivity contribution in [1.29, 1.82) is 0 Å². The number of allylic oxidation sites excluding steroid dienone is 2. The molecule has 0 fully saturated rings. The second-order valence-corrected chi connectivity index (χ2v) is 13.9. The van der Waals surface area contributed by atoms with Crippen LogP contribution >= 0.6 is 0 Å². The standard InChI is InChI=1S/C14H9F17O2.C13H7F17O2.2C4H6O/c1-5(2)6(32)33-4-3-7(15,16)8(17,18)9(19,20)10(21,22)11(23,24)12(25,26)13(27,28)14(29,30)31;1-2-5(31)32-4-3-6(14,15)7(16,17)8(18,19)9(20,21)10(22,23)11(24,25)12(26,27)13(28,29)30;1-4(2)3-5;1-3-4(2)5/h1,3-4H2,2H3;2H,1,3-4H2;2*3H,1H2,2H3. The SMILES string of the molecule is C=C(C)C(=O)OCCC(F)(F)C(F)(F)C(F)(F)C(F)(F)C(F)(F)C(F)(F)C(F)(F)C(F)(F)F.C=C(C)C=O.C=CC(=O)OCCC(F)(F)C(F)(F)C(F)(F)C(F)(F)C(F)(F)C(F)(F)C(F)(F)C(F)(F)F.C=CC(C)=O. The highest BCUT2D eigenvalue weighted by Crippen LogP contribution is 2.66. The van der Waals surface area contributed by atoms with Crippen LogP contribution in [0.4, 0.5) is 149 Å². The van der Waals surface area contributed by atoms with Crippen LogP contribution in [-0.2, 0) is 28.7 Å². The Morgan fingerprint density at radius 1 is 0.373 bits per heavy atom. The van der Waals surface area contributed by atoms with Gasteiger partial charge in [0.1, 0.15) is 6.29 Å². The van der Waals surface area contributed by atoms with E-state index in [4.69, 9.17) is 0 Å². The van der Waals surface area contributed by atoms with Crippen molar-refractivity contribution in [3.05, 3.63) is 49.6 Å². The first-order valence-electron chi connectivity index (χ1n) is 17.6. The summed E-state index contributed by atoms with van der Waals surface area (Å²) < 4.78 is 449. The molecule has 0 aliphatic heterocycles. The average molecular weight is 1190 g/mol. The Kier molecular flexibility index (Phi) is 24.5. The van der Waals surface area contributed by atoms with Gasteiger partial charge in [-0.2, -0.15) is 149 Å². The lowest BCUT2D eigenvalue weighted by molar-refractivity contribution is -0.461. The molecule has 6 nitrogen and oxygen atoms in total. The number of ketones is 1. The fourth-order valence-corrected chi connectivity index (χ4v) is 3.44. The van der Waals surface area contributed by atoms with Gasteiger partial charge in [-0.3, -0.25) is 9.59 Å². The number of carbonyl (C=O) groups is 4. The maximum atomic E-state index is 13.5. The molecule has 0 radical (unpaired) electrons. The molecule has 0 unspecified atom stereocenters. The number of ether oxygens (including phenoxy) is 2. The van der Waals surface area contributed by atoms with Gasteiger partial charge in [0.15, 0.2) is 5.78 Å². The first kappa shape index (κ1) is 76.4. The van der Waals surface area contributed by atoms with Crippen molar-refractivity contribution < 1.29 is 178 Å². The summed E-state index contributed by atoms with van der Waals surface area (Å²) in [4.78, 5) is 40.5. The van der Waals surface area contributed by atoms with E-state index in [-0.39, 0.29) is 11.9 Å². The van der Waals surface area contributed by atoms with Crippen molar-refractivity contribution >= 4 is 24.0 Å². The monoisotopic (exact) mass is 1190 g/mol. The van der Waals surface area contributed by atoms with E-state index in [9.17, 15) is 168 Å². The molecule has 0 spiro atoms. The van der Waals surface area contributed by atoms with Crippen LogP contribution < -0.4 is 0 Å². The maximum Gasteiger partial charge on any atom is 0.460 e. The largest absolute Gasteiger partial charge is 0.462 e. The van der Waals surface area contributed by atoms with Gasteiger partial charge in [0.2, 0.25) is 0 Å². The van der Waals surface area contributed by atoms with Gasteiger partial charge < -0.3 is 9.47 Å². The number of esters is 2. The van der Waals surface area contributed by atoms with Gasteiger partial charge in [-0.25, -0.2) is 9.59 Å². The van der Waals surface area contributed by atoms with E-state index in [1.165, 1.54) is 13.0 Å². The number of carbonyl (C=O) groups excluding carboxylic acids is 4. The number of rotatable bonds is 22. The number of alkyl halides is 34. The Hall–Kier alpha value is -5.14. The second-order valence-electron chi connectivity index (χ2n) is 13.9. The fourth-order valence-electron chi connectivity index (χ4n) is 3.44. The minimum Gasteiger partial charge on any atom is -0.462 e. The summed E-state index contributed by atoms with van der Waals surface area (Å²) in [6, 6.07) is 0. The van der Waals surface area contributed by atoms with E-state index in [1.54, 1.807) is 6.92 Å². The number of hydrogen-bond donors (Lipinski definition) is 0. The maximum absolute atomic E-state index is 13.5. The van der Waals surface area contributed by atoms with Gasteiger partial charge >= 0.3 is 107 Å². The van der Waals surface area contributed by atoms with Crippen LogP contribution in [-0.4, -0.2) is 132 Å².